The highest BCUT2D eigenvalue weighted by molar-refractivity contribution is 8.00. The van der Waals surface area contributed by atoms with Gasteiger partial charge in [-0.1, -0.05) is 47.6 Å². The smallest absolute Gasteiger partial charge is 0.234 e. The van der Waals surface area contributed by atoms with E-state index in [0.29, 0.717) is 33.9 Å². The number of thioether (sulfide) groups is 1. The molecular weight excluding hydrogens is 470 g/mol. The number of nitrogens with one attached hydrogen (secondary N) is 1. The van der Waals surface area contributed by atoms with Gasteiger partial charge in [0.1, 0.15) is 16.5 Å². The van der Waals surface area contributed by atoms with Crippen molar-refractivity contribution in [3.63, 3.8) is 0 Å². The van der Waals surface area contributed by atoms with Crippen molar-refractivity contribution < 1.29 is 14.3 Å². The topological polar surface area (TPSA) is 73.3 Å². The Morgan fingerprint density at radius 3 is 2.71 bits per heavy atom. The Bertz CT molecular complexity index is 1360. The summed E-state index contributed by atoms with van der Waals surface area (Å²) in [4.78, 5) is 22.1. The number of nitrogens with zero attached hydrogens (tertiary/aromatic N) is 2. The number of benzene rings is 3. The highest BCUT2D eigenvalue weighted by Crippen LogP contribution is 2.40. The molecule has 3 aromatic carbocycles. The number of hydrogen-bond acceptors (Lipinski definition) is 6. The summed E-state index contributed by atoms with van der Waals surface area (Å²) in [7, 11) is 1.62. The zero-order valence-corrected chi connectivity index (χ0v) is 19.8. The van der Waals surface area contributed by atoms with Crippen LogP contribution in [0.5, 0.6) is 17.4 Å². The van der Waals surface area contributed by atoms with E-state index in [-0.39, 0.29) is 11.7 Å². The number of methoxy groups -OCH3 is 1. The second kappa shape index (κ2) is 9.75. The fraction of sp³-hybridized carbons (Fsp3) is 0.115. The Balaban J connectivity index is 1.44. The van der Waals surface area contributed by atoms with Crippen LogP contribution in [-0.4, -0.2) is 28.7 Å². The maximum Gasteiger partial charge on any atom is 0.234 e. The molecule has 1 aliphatic rings. The molecule has 1 amide bonds. The van der Waals surface area contributed by atoms with Crippen molar-refractivity contribution >= 4 is 35.0 Å². The summed E-state index contributed by atoms with van der Waals surface area (Å²) in [6.07, 6.45) is 0.632. The van der Waals surface area contributed by atoms with Crippen LogP contribution < -0.4 is 14.8 Å². The summed E-state index contributed by atoms with van der Waals surface area (Å²) in [5.74, 6) is 2.60. The van der Waals surface area contributed by atoms with E-state index in [2.05, 4.69) is 5.32 Å². The molecule has 170 valence electrons. The first-order valence-corrected chi connectivity index (χ1v) is 11.9. The highest BCUT2D eigenvalue weighted by atomic mass is 35.5. The van der Waals surface area contributed by atoms with E-state index in [1.807, 2.05) is 48.5 Å². The molecule has 0 fully saturated rings. The van der Waals surface area contributed by atoms with Crippen molar-refractivity contribution in [2.75, 3.05) is 18.2 Å². The fourth-order valence-corrected chi connectivity index (χ4v) is 4.62. The standard InChI is InChI=1S/C26H20ClN3O3S/c1-32-20-11-9-16(10-12-20)24-29-25-21(13-17-5-2-3-8-22(17)33-25)26(30-24)34-15-23(31)28-19-7-4-6-18(27)14-19/h2-12,14H,13,15H2,1H3,(H,28,31). The monoisotopic (exact) mass is 489 g/mol. The quantitative estimate of drug-likeness (QED) is 0.225. The van der Waals surface area contributed by atoms with E-state index >= 15 is 0 Å². The van der Waals surface area contributed by atoms with Crippen LogP contribution >= 0.6 is 23.4 Å². The number of ether oxygens (including phenoxy) is 2. The number of rotatable bonds is 6. The molecule has 0 aliphatic carbocycles. The number of para-hydroxylation sites is 1. The van der Waals surface area contributed by atoms with Gasteiger partial charge in [-0.3, -0.25) is 4.79 Å². The highest BCUT2D eigenvalue weighted by Gasteiger charge is 2.24. The molecule has 0 unspecified atom stereocenters. The lowest BCUT2D eigenvalue weighted by atomic mass is 10.0. The van der Waals surface area contributed by atoms with Gasteiger partial charge < -0.3 is 14.8 Å². The van der Waals surface area contributed by atoms with E-state index in [9.17, 15) is 4.79 Å². The maximum absolute atomic E-state index is 12.6. The van der Waals surface area contributed by atoms with Crippen molar-refractivity contribution in [3.8, 4) is 28.8 Å². The average Bonchev–Trinajstić information content (AvgIpc) is 2.86. The molecule has 1 aliphatic heterocycles. The third-order valence-electron chi connectivity index (χ3n) is 5.27. The fourth-order valence-electron chi connectivity index (χ4n) is 3.61. The number of carbonyl (C=O) groups is 1. The van der Waals surface area contributed by atoms with E-state index < -0.39 is 0 Å². The minimum absolute atomic E-state index is 0.150. The van der Waals surface area contributed by atoms with Crippen molar-refractivity contribution in [1.82, 2.24) is 9.97 Å². The molecule has 6 nitrogen and oxygen atoms in total. The van der Waals surface area contributed by atoms with Crippen molar-refractivity contribution in [2.45, 2.75) is 11.4 Å². The molecule has 1 aromatic heterocycles. The van der Waals surface area contributed by atoms with Gasteiger partial charge in [0.2, 0.25) is 11.8 Å². The minimum Gasteiger partial charge on any atom is -0.497 e. The summed E-state index contributed by atoms with van der Waals surface area (Å²) >= 11 is 7.38. The Morgan fingerprint density at radius 1 is 1.09 bits per heavy atom. The SMILES string of the molecule is COc1ccc(-c2nc3c(c(SCC(=O)Nc4cccc(Cl)c4)n2)Cc2ccccc2O3)cc1. The van der Waals surface area contributed by atoms with E-state index in [1.165, 1.54) is 11.8 Å². The number of anilines is 1. The van der Waals surface area contributed by atoms with E-state index in [0.717, 1.165) is 28.2 Å². The van der Waals surface area contributed by atoms with Crippen LogP contribution in [-0.2, 0) is 11.2 Å². The van der Waals surface area contributed by atoms with Gasteiger partial charge >= 0.3 is 0 Å². The zero-order chi connectivity index (χ0) is 23.5. The summed E-state index contributed by atoms with van der Waals surface area (Å²) in [5.41, 5.74) is 3.41. The number of aromatic nitrogens is 2. The van der Waals surface area contributed by atoms with E-state index in [4.69, 9.17) is 31.0 Å². The molecule has 1 N–H and O–H groups in total. The molecule has 5 rings (SSSR count). The van der Waals surface area contributed by atoms with Gasteiger partial charge in [-0.2, -0.15) is 4.98 Å². The second-order valence-electron chi connectivity index (χ2n) is 7.60. The Morgan fingerprint density at radius 2 is 1.91 bits per heavy atom. The predicted molar refractivity (Wildman–Crippen MR) is 134 cm³/mol. The molecule has 0 saturated carbocycles. The van der Waals surface area contributed by atoms with Crippen LogP contribution in [0.15, 0.2) is 77.8 Å². The molecule has 0 radical (unpaired) electrons. The molecule has 2 heterocycles. The third kappa shape index (κ3) is 4.85. The molecule has 8 heteroatoms. The molecule has 4 aromatic rings. The largest absolute Gasteiger partial charge is 0.497 e. The van der Waals surface area contributed by atoms with Gasteiger partial charge in [0.05, 0.1) is 18.4 Å². The number of halogens is 1. The predicted octanol–water partition coefficient (Wildman–Crippen LogP) is 6.23. The lowest BCUT2D eigenvalue weighted by Gasteiger charge is -2.21. The van der Waals surface area contributed by atoms with Crippen LogP contribution in [0.25, 0.3) is 11.4 Å². The van der Waals surface area contributed by atoms with Gasteiger partial charge in [0.15, 0.2) is 5.82 Å². The van der Waals surface area contributed by atoms with Crippen molar-refractivity contribution in [1.29, 1.82) is 0 Å². The summed E-state index contributed by atoms with van der Waals surface area (Å²) in [6, 6.07) is 22.5. The first-order valence-electron chi connectivity index (χ1n) is 10.6. The molecule has 0 spiro atoms. The summed E-state index contributed by atoms with van der Waals surface area (Å²) in [5, 5.41) is 4.15. The second-order valence-corrected chi connectivity index (χ2v) is 9.00. The Hall–Kier alpha value is -3.55. The molecule has 0 saturated heterocycles. The molecule has 0 atom stereocenters. The van der Waals surface area contributed by atoms with Gasteiger partial charge in [0.25, 0.3) is 0 Å². The first-order chi connectivity index (χ1) is 16.6. The van der Waals surface area contributed by atoms with Crippen LogP contribution in [0, 0.1) is 0 Å². The minimum atomic E-state index is -0.150. The lowest BCUT2D eigenvalue weighted by Crippen LogP contribution is -2.15. The zero-order valence-electron chi connectivity index (χ0n) is 18.2. The summed E-state index contributed by atoms with van der Waals surface area (Å²) in [6.45, 7) is 0. The molecule has 0 bridgehead atoms. The number of fused-ring (bicyclic) bond motifs is 2. The number of carbonyl (C=O) groups excluding carboxylic acids is 1. The van der Waals surface area contributed by atoms with Gasteiger partial charge in [-0.05, 0) is 54.1 Å². The average molecular weight is 490 g/mol. The van der Waals surface area contributed by atoms with Crippen LogP contribution in [0.4, 0.5) is 5.69 Å². The van der Waals surface area contributed by atoms with Crippen molar-refractivity contribution in [3.05, 3.63) is 88.9 Å². The Labute approximate surface area is 206 Å². The van der Waals surface area contributed by atoms with Crippen molar-refractivity contribution in [2.24, 2.45) is 0 Å². The molecular formula is C26H20ClN3O3S. The van der Waals surface area contributed by atoms with Gasteiger partial charge in [-0.25, -0.2) is 4.98 Å². The van der Waals surface area contributed by atoms with Crippen LogP contribution in [0.1, 0.15) is 11.1 Å². The normalized spacial score (nSPS) is 11.7. The lowest BCUT2D eigenvalue weighted by molar-refractivity contribution is -0.113. The number of amides is 1. The Kier molecular flexibility index (Phi) is 6.38. The molecule has 34 heavy (non-hydrogen) atoms. The summed E-state index contributed by atoms with van der Waals surface area (Å²) < 4.78 is 11.4. The first kappa shape index (κ1) is 22.3. The van der Waals surface area contributed by atoms with Crippen LogP contribution in [0.3, 0.4) is 0 Å². The maximum atomic E-state index is 12.6. The van der Waals surface area contributed by atoms with Gasteiger partial charge in [0, 0.05) is 22.7 Å². The van der Waals surface area contributed by atoms with Gasteiger partial charge in [-0.15, -0.1) is 0 Å². The number of hydrogen-bond donors (Lipinski definition) is 1. The third-order valence-corrected chi connectivity index (χ3v) is 6.53. The van der Waals surface area contributed by atoms with Crippen LogP contribution in [0.2, 0.25) is 5.02 Å². The van der Waals surface area contributed by atoms with E-state index in [1.54, 1.807) is 31.4 Å².